The molecule has 3 rings (SSSR count). The molecule has 5 nitrogen and oxygen atoms in total. The third-order valence-corrected chi connectivity index (χ3v) is 3.56. The summed E-state index contributed by atoms with van der Waals surface area (Å²) in [7, 11) is 0. The van der Waals surface area contributed by atoms with E-state index in [1.54, 1.807) is 6.07 Å². The summed E-state index contributed by atoms with van der Waals surface area (Å²) in [6.07, 6.45) is 1.50. The molecule has 1 aromatic heterocycles. The fourth-order valence-electron chi connectivity index (χ4n) is 2.35. The van der Waals surface area contributed by atoms with Gasteiger partial charge in [0.2, 0.25) is 5.91 Å². The SMILES string of the molecule is C=C(C(N)=O)c1ccc2ncnc(Nc3cccc(C)c3)c2c1. The smallest absolute Gasteiger partial charge is 0.248 e. The lowest BCUT2D eigenvalue weighted by molar-refractivity contribution is -0.112. The van der Waals surface area contributed by atoms with Crippen LogP contribution in [0, 0.1) is 6.92 Å². The summed E-state index contributed by atoms with van der Waals surface area (Å²) in [6.45, 7) is 5.75. The molecular formula is C18H16N4O. The number of rotatable bonds is 4. The lowest BCUT2D eigenvalue weighted by Gasteiger charge is -2.10. The second-order valence-electron chi connectivity index (χ2n) is 5.29. The number of carbonyl (C=O) groups is 1. The number of aromatic nitrogens is 2. The van der Waals surface area contributed by atoms with E-state index in [-0.39, 0.29) is 5.57 Å². The summed E-state index contributed by atoms with van der Waals surface area (Å²) in [6, 6.07) is 13.4. The first kappa shape index (κ1) is 14.7. The van der Waals surface area contributed by atoms with Gasteiger partial charge < -0.3 is 11.1 Å². The van der Waals surface area contributed by atoms with Crippen LogP contribution < -0.4 is 11.1 Å². The first-order chi connectivity index (χ1) is 11.0. The molecule has 0 unspecified atom stereocenters. The van der Waals surface area contributed by atoms with E-state index in [4.69, 9.17) is 5.73 Å². The van der Waals surface area contributed by atoms with E-state index in [1.807, 2.05) is 43.3 Å². The van der Waals surface area contributed by atoms with E-state index in [0.29, 0.717) is 11.4 Å². The van der Waals surface area contributed by atoms with Gasteiger partial charge in [0.05, 0.1) is 5.52 Å². The van der Waals surface area contributed by atoms with Crippen molar-refractivity contribution >= 4 is 33.9 Å². The molecule has 0 fully saturated rings. The largest absolute Gasteiger partial charge is 0.366 e. The monoisotopic (exact) mass is 304 g/mol. The minimum Gasteiger partial charge on any atom is -0.366 e. The summed E-state index contributed by atoms with van der Waals surface area (Å²) >= 11 is 0. The van der Waals surface area contributed by atoms with Crippen molar-refractivity contribution in [3.8, 4) is 0 Å². The van der Waals surface area contributed by atoms with Crippen LogP contribution in [-0.2, 0) is 4.79 Å². The molecule has 1 heterocycles. The van der Waals surface area contributed by atoms with Crippen molar-refractivity contribution in [3.05, 3.63) is 66.5 Å². The van der Waals surface area contributed by atoms with Crippen LogP contribution in [-0.4, -0.2) is 15.9 Å². The summed E-state index contributed by atoms with van der Waals surface area (Å²) in [5.74, 6) is 0.120. The number of anilines is 2. The molecule has 0 aliphatic rings. The minimum absolute atomic E-state index is 0.261. The number of primary amides is 1. The average molecular weight is 304 g/mol. The van der Waals surface area contributed by atoms with E-state index in [1.165, 1.54) is 6.33 Å². The molecule has 23 heavy (non-hydrogen) atoms. The number of benzene rings is 2. The Labute approximate surface area is 133 Å². The lowest BCUT2D eigenvalue weighted by Crippen LogP contribution is -2.11. The van der Waals surface area contributed by atoms with E-state index in [2.05, 4.69) is 21.9 Å². The molecule has 0 saturated carbocycles. The number of nitrogens with two attached hydrogens (primary N) is 1. The Kier molecular flexibility index (Phi) is 3.76. The number of aryl methyl sites for hydroxylation is 1. The van der Waals surface area contributed by atoms with Crippen LogP contribution in [0.4, 0.5) is 11.5 Å². The van der Waals surface area contributed by atoms with Gasteiger partial charge in [-0.3, -0.25) is 4.79 Å². The predicted octanol–water partition coefficient (Wildman–Crippen LogP) is 3.18. The van der Waals surface area contributed by atoms with Gasteiger partial charge >= 0.3 is 0 Å². The number of carbonyl (C=O) groups excluding carboxylic acids is 1. The summed E-state index contributed by atoms with van der Waals surface area (Å²) in [5, 5.41) is 4.09. The Balaban J connectivity index is 2.07. The molecule has 0 aliphatic carbocycles. The normalized spacial score (nSPS) is 10.5. The van der Waals surface area contributed by atoms with Crippen LogP contribution in [0.5, 0.6) is 0 Å². The highest BCUT2D eigenvalue weighted by atomic mass is 16.1. The average Bonchev–Trinajstić information content (AvgIpc) is 2.54. The van der Waals surface area contributed by atoms with Crippen LogP contribution >= 0.6 is 0 Å². The van der Waals surface area contributed by atoms with Crippen molar-refractivity contribution in [2.45, 2.75) is 6.92 Å². The van der Waals surface area contributed by atoms with E-state index >= 15 is 0 Å². The molecule has 0 spiro atoms. The van der Waals surface area contributed by atoms with E-state index in [9.17, 15) is 4.79 Å². The van der Waals surface area contributed by atoms with Crippen LogP contribution in [0.2, 0.25) is 0 Å². The van der Waals surface area contributed by atoms with Gasteiger partial charge in [0.1, 0.15) is 12.1 Å². The van der Waals surface area contributed by atoms with E-state index < -0.39 is 5.91 Å². The number of nitrogens with one attached hydrogen (secondary N) is 1. The highest BCUT2D eigenvalue weighted by Gasteiger charge is 2.09. The molecule has 1 amide bonds. The van der Waals surface area contributed by atoms with Gasteiger partial charge in [-0.2, -0.15) is 0 Å². The van der Waals surface area contributed by atoms with Gasteiger partial charge in [0, 0.05) is 16.6 Å². The first-order valence-electron chi connectivity index (χ1n) is 7.12. The zero-order valence-electron chi connectivity index (χ0n) is 12.7. The minimum atomic E-state index is -0.547. The predicted molar refractivity (Wildman–Crippen MR) is 92.2 cm³/mol. The molecule has 3 aromatic rings. The zero-order valence-corrected chi connectivity index (χ0v) is 12.7. The molecule has 0 saturated heterocycles. The fraction of sp³-hybridized carbons (Fsp3) is 0.0556. The van der Waals surface area contributed by atoms with Crippen molar-refractivity contribution in [3.63, 3.8) is 0 Å². The zero-order chi connectivity index (χ0) is 16.4. The fourth-order valence-corrected chi connectivity index (χ4v) is 2.35. The summed E-state index contributed by atoms with van der Waals surface area (Å²) < 4.78 is 0. The molecular weight excluding hydrogens is 288 g/mol. The quantitative estimate of drug-likeness (QED) is 0.725. The third kappa shape index (κ3) is 3.03. The maximum Gasteiger partial charge on any atom is 0.248 e. The standard InChI is InChI=1S/C18H16N4O/c1-11-4-3-5-14(8-11)22-18-15-9-13(12(2)17(19)23)6-7-16(15)20-10-21-18/h3-10H,2H2,1H3,(H2,19,23)(H,20,21,22). The van der Waals surface area contributed by atoms with Crippen molar-refractivity contribution in [2.75, 3.05) is 5.32 Å². The van der Waals surface area contributed by atoms with Gasteiger partial charge in [-0.15, -0.1) is 0 Å². The number of amides is 1. The highest BCUT2D eigenvalue weighted by Crippen LogP contribution is 2.26. The first-order valence-corrected chi connectivity index (χ1v) is 7.12. The van der Waals surface area contributed by atoms with E-state index in [0.717, 1.165) is 22.2 Å². The Morgan fingerprint density at radius 3 is 2.74 bits per heavy atom. The van der Waals surface area contributed by atoms with Crippen molar-refractivity contribution < 1.29 is 4.79 Å². The van der Waals surface area contributed by atoms with Crippen molar-refractivity contribution in [2.24, 2.45) is 5.73 Å². The molecule has 0 radical (unpaired) electrons. The molecule has 5 heteroatoms. The highest BCUT2D eigenvalue weighted by molar-refractivity contribution is 6.18. The second-order valence-corrected chi connectivity index (χ2v) is 5.29. The van der Waals surface area contributed by atoms with Crippen molar-refractivity contribution in [1.82, 2.24) is 9.97 Å². The van der Waals surface area contributed by atoms with Crippen LogP contribution in [0.3, 0.4) is 0 Å². The number of hydrogen-bond acceptors (Lipinski definition) is 4. The van der Waals surface area contributed by atoms with Gasteiger partial charge in [-0.25, -0.2) is 9.97 Å². The maximum absolute atomic E-state index is 11.3. The van der Waals surface area contributed by atoms with Crippen molar-refractivity contribution in [1.29, 1.82) is 0 Å². The number of nitrogens with zero attached hydrogens (tertiary/aromatic N) is 2. The molecule has 3 N–H and O–H groups in total. The third-order valence-electron chi connectivity index (χ3n) is 3.56. The van der Waals surface area contributed by atoms with Crippen LogP contribution in [0.15, 0.2) is 55.4 Å². The van der Waals surface area contributed by atoms with Crippen LogP contribution in [0.1, 0.15) is 11.1 Å². The Bertz CT molecular complexity index is 918. The van der Waals surface area contributed by atoms with Crippen LogP contribution in [0.25, 0.3) is 16.5 Å². The number of hydrogen-bond donors (Lipinski definition) is 2. The summed E-state index contributed by atoms with van der Waals surface area (Å²) in [4.78, 5) is 19.9. The molecule has 0 aliphatic heterocycles. The molecule has 0 bridgehead atoms. The number of fused-ring (bicyclic) bond motifs is 1. The Morgan fingerprint density at radius 1 is 1.17 bits per heavy atom. The topological polar surface area (TPSA) is 80.9 Å². The Hall–Kier alpha value is -3.21. The second kappa shape index (κ2) is 5.88. The molecule has 114 valence electrons. The van der Waals surface area contributed by atoms with Gasteiger partial charge in [0.25, 0.3) is 0 Å². The van der Waals surface area contributed by atoms with Gasteiger partial charge in [-0.05, 0) is 42.3 Å². The Morgan fingerprint density at radius 2 is 2.00 bits per heavy atom. The van der Waals surface area contributed by atoms with Gasteiger partial charge in [0.15, 0.2) is 0 Å². The molecule has 0 atom stereocenters. The summed E-state index contributed by atoms with van der Waals surface area (Å²) in [5.41, 5.74) is 9.08. The maximum atomic E-state index is 11.3. The van der Waals surface area contributed by atoms with Gasteiger partial charge in [-0.1, -0.05) is 24.8 Å². The lowest BCUT2D eigenvalue weighted by atomic mass is 10.0. The molecule has 2 aromatic carbocycles.